The van der Waals surface area contributed by atoms with Crippen molar-refractivity contribution in [2.24, 2.45) is 0 Å². The molecule has 1 fully saturated rings. The summed E-state index contributed by atoms with van der Waals surface area (Å²) in [5.41, 5.74) is 2.79. The minimum Gasteiger partial charge on any atom is -0.314 e. The summed E-state index contributed by atoms with van der Waals surface area (Å²) < 4.78 is 0. The van der Waals surface area contributed by atoms with Gasteiger partial charge in [0.1, 0.15) is 0 Å². The molecule has 1 N–H and O–H groups in total. The van der Waals surface area contributed by atoms with Crippen LogP contribution in [0, 0.1) is 6.92 Å². The summed E-state index contributed by atoms with van der Waals surface area (Å²) in [6, 6.07) is 9.61. The molecule has 1 unspecified atom stereocenters. The summed E-state index contributed by atoms with van der Waals surface area (Å²) in [5.74, 6) is 0. The highest BCUT2D eigenvalue weighted by Crippen LogP contribution is 2.10. The van der Waals surface area contributed by atoms with Gasteiger partial charge in [-0.3, -0.25) is 4.90 Å². The monoisotopic (exact) mass is 232 g/mol. The van der Waals surface area contributed by atoms with Crippen molar-refractivity contribution in [3.8, 4) is 0 Å². The topological polar surface area (TPSA) is 15.3 Å². The fourth-order valence-corrected chi connectivity index (χ4v) is 2.35. The zero-order valence-electron chi connectivity index (χ0n) is 11.1. The normalized spacial score (nSPS) is 23.1. The van der Waals surface area contributed by atoms with E-state index >= 15 is 0 Å². The van der Waals surface area contributed by atoms with Gasteiger partial charge < -0.3 is 5.32 Å². The number of aryl methyl sites for hydroxylation is 1. The predicted molar refractivity (Wildman–Crippen MR) is 73.2 cm³/mol. The Bertz CT molecular complexity index is 331. The second-order valence-corrected chi connectivity index (χ2v) is 5.26. The van der Waals surface area contributed by atoms with E-state index in [0.29, 0.717) is 6.04 Å². The van der Waals surface area contributed by atoms with Gasteiger partial charge in [-0.25, -0.2) is 0 Å². The number of rotatable bonds is 2. The van der Waals surface area contributed by atoms with Crippen LogP contribution >= 0.6 is 0 Å². The van der Waals surface area contributed by atoms with Crippen LogP contribution in [0.4, 0.5) is 0 Å². The highest BCUT2D eigenvalue weighted by Gasteiger charge is 2.11. The summed E-state index contributed by atoms with van der Waals surface area (Å²) in [5, 5.41) is 3.55. The second kappa shape index (κ2) is 6.18. The van der Waals surface area contributed by atoms with E-state index in [1.54, 1.807) is 0 Å². The van der Waals surface area contributed by atoms with Crippen LogP contribution in [0.5, 0.6) is 0 Å². The first-order chi connectivity index (χ1) is 8.24. The number of hydrogen-bond donors (Lipinski definition) is 1. The van der Waals surface area contributed by atoms with Crippen LogP contribution in [0.1, 0.15) is 30.9 Å². The lowest BCUT2D eigenvalue weighted by Gasteiger charge is -2.27. The van der Waals surface area contributed by atoms with Gasteiger partial charge in [0.15, 0.2) is 0 Å². The maximum atomic E-state index is 3.55. The summed E-state index contributed by atoms with van der Waals surface area (Å²) in [4.78, 5) is 2.59. The molecule has 1 saturated heterocycles. The molecule has 1 heterocycles. The van der Waals surface area contributed by atoms with Crippen molar-refractivity contribution in [3.05, 3.63) is 35.4 Å². The Morgan fingerprint density at radius 2 is 2.00 bits per heavy atom. The minimum absolute atomic E-state index is 0.663. The lowest BCUT2D eigenvalue weighted by Crippen LogP contribution is -2.38. The Morgan fingerprint density at radius 1 is 1.24 bits per heavy atom. The predicted octanol–water partition coefficient (Wildman–Crippen LogP) is 2.57. The fraction of sp³-hybridized carbons (Fsp3) is 0.600. The van der Waals surface area contributed by atoms with E-state index < -0.39 is 0 Å². The third kappa shape index (κ3) is 4.14. The molecule has 0 bridgehead atoms. The van der Waals surface area contributed by atoms with Gasteiger partial charge in [-0.15, -0.1) is 0 Å². The van der Waals surface area contributed by atoms with Crippen LogP contribution < -0.4 is 5.32 Å². The molecule has 1 aromatic rings. The second-order valence-electron chi connectivity index (χ2n) is 5.26. The van der Waals surface area contributed by atoms with Crippen molar-refractivity contribution < 1.29 is 0 Å². The SMILES string of the molecule is Cc1ccc(CN2CCCNC(C)CC2)cc1. The van der Waals surface area contributed by atoms with Gasteiger partial charge in [0.2, 0.25) is 0 Å². The largest absolute Gasteiger partial charge is 0.314 e. The third-order valence-electron chi connectivity index (χ3n) is 3.55. The molecule has 0 saturated carbocycles. The van der Waals surface area contributed by atoms with Crippen LogP contribution in [0.15, 0.2) is 24.3 Å². The first kappa shape index (κ1) is 12.6. The smallest absolute Gasteiger partial charge is 0.0233 e. The minimum atomic E-state index is 0.663. The van der Waals surface area contributed by atoms with Gasteiger partial charge in [-0.2, -0.15) is 0 Å². The summed E-state index contributed by atoms with van der Waals surface area (Å²) >= 11 is 0. The van der Waals surface area contributed by atoms with Crippen LogP contribution in [0.25, 0.3) is 0 Å². The molecule has 0 amide bonds. The molecule has 2 heteroatoms. The first-order valence-electron chi connectivity index (χ1n) is 6.75. The van der Waals surface area contributed by atoms with E-state index in [4.69, 9.17) is 0 Å². The average Bonchev–Trinajstić information content (AvgIpc) is 2.31. The molecule has 0 aliphatic carbocycles. The van der Waals surface area contributed by atoms with E-state index in [9.17, 15) is 0 Å². The van der Waals surface area contributed by atoms with Gasteiger partial charge in [0.05, 0.1) is 0 Å². The van der Waals surface area contributed by atoms with Crippen LogP contribution in [0.3, 0.4) is 0 Å². The highest BCUT2D eigenvalue weighted by atomic mass is 15.1. The number of hydrogen-bond acceptors (Lipinski definition) is 2. The van der Waals surface area contributed by atoms with Crippen molar-refractivity contribution in [1.29, 1.82) is 0 Å². The van der Waals surface area contributed by atoms with Crippen LogP contribution in [-0.4, -0.2) is 30.6 Å². The standard InChI is InChI=1S/C15H24N2/c1-13-4-6-15(7-5-13)12-17-10-3-9-16-14(2)8-11-17/h4-7,14,16H,3,8-12H2,1-2H3. The van der Waals surface area contributed by atoms with Crippen molar-refractivity contribution >= 4 is 0 Å². The van der Waals surface area contributed by atoms with E-state index in [1.165, 1.54) is 37.1 Å². The lowest BCUT2D eigenvalue weighted by atomic mass is 10.1. The summed E-state index contributed by atoms with van der Waals surface area (Å²) in [6.45, 7) is 9.12. The summed E-state index contributed by atoms with van der Waals surface area (Å²) in [7, 11) is 0. The van der Waals surface area contributed by atoms with Crippen molar-refractivity contribution in [2.45, 2.75) is 39.3 Å². The molecule has 2 nitrogen and oxygen atoms in total. The van der Waals surface area contributed by atoms with E-state index in [-0.39, 0.29) is 0 Å². The zero-order chi connectivity index (χ0) is 12.1. The van der Waals surface area contributed by atoms with E-state index in [2.05, 4.69) is 48.3 Å². The molecular formula is C15H24N2. The van der Waals surface area contributed by atoms with Crippen molar-refractivity contribution in [1.82, 2.24) is 10.2 Å². The van der Waals surface area contributed by atoms with Crippen LogP contribution in [-0.2, 0) is 6.54 Å². The number of benzene rings is 1. The molecule has 94 valence electrons. The first-order valence-corrected chi connectivity index (χ1v) is 6.75. The van der Waals surface area contributed by atoms with Gasteiger partial charge >= 0.3 is 0 Å². The lowest BCUT2D eigenvalue weighted by molar-refractivity contribution is 0.229. The van der Waals surface area contributed by atoms with Crippen molar-refractivity contribution in [2.75, 3.05) is 19.6 Å². The quantitative estimate of drug-likeness (QED) is 0.843. The van der Waals surface area contributed by atoms with Gasteiger partial charge in [0.25, 0.3) is 0 Å². The number of nitrogens with zero attached hydrogens (tertiary/aromatic N) is 1. The molecule has 17 heavy (non-hydrogen) atoms. The van der Waals surface area contributed by atoms with E-state index in [0.717, 1.165) is 13.1 Å². The van der Waals surface area contributed by atoms with Gasteiger partial charge in [-0.05, 0) is 51.9 Å². The molecule has 0 aromatic heterocycles. The zero-order valence-corrected chi connectivity index (χ0v) is 11.1. The van der Waals surface area contributed by atoms with Crippen molar-refractivity contribution in [3.63, 3.8) is 0 Å². The summed E-state index contributed by atoms with van der Waals surface area (Å²) in [6.07, 6.45) is 2.52. The van der Waals surface area contributed by atoms with Crippen LogP contribution in [0.2, 0.25) is 0 Å². The molecule has 0 radical (unpaired) electrons. The molecule has 2 rings (SSSR count). The fourth-order valence-electron chi connectivity index (χ4n) is 2.35. The molecule has 1 atom stereocenters. The van der Waals surface area contributed by atoms with Gasteiger partial charge in [0, 0.05) is 12.6 Å². The Kier molecular flexibility index (Phi) is 4.57. The number of nitrogens with one attached hydrogen (secondary N) is 1. The highest BCUT2D eigenvalue weighted by molar-refractivity contribution is 5.21. The Labute approximate surface area is 105 Å². The van der Waals surface area contributed by atoms with E-state index in [1.807, 2.05) is 0 Å². The molecule has 1 aliphatic rings. The third-order valence-corrected chi connectivity index (χ3v) is 3.55. The Balaban J connectivity index is 1.90. The molecule has 0 spiro atoms. The Morgan fingerprint density at radius 3 is 2.76 bits per heavy atom. The maximum Gasteiger partial charge on any atom is 0.0233 e. The average molecular weight is 232 g/mol. The maximum absolute atomic E-state index is 3.55. The molecule has 1 aromatic carbocycles. The van der Waals surface area contributed by atoms with Gasteiger partial charge in [-0.1, -0.05) is 29.8 Å². The Hall–Kier alpha value is -0.860. The molecular weight excluding hydrogens is 208 g/mol. The molecule has 1 aliphatic heterocycles.